The largest absolute Gasteiger partial charge is 0.480 e. The minimum absolute atomic E-state index is 0.194. The molecule has 160 valence electrons. The van der Waals surface area contributed by atoms with Crippen molar-refractivity contribution in [2.24, 2.45) is 17.4 Å². The van der Waals surface area contributed by atoms with Crippen LogP contribution in [0.3, 0.4) is 0 Å². The third kappa shape index (κ3) is 8.77. The summed E-state index contributed by atoms with van der Waals surface area (Å²) >= 11 is 0. The van der Waals surface area contributed by atoms with Crippen molar-refractivity contribution in [2.45, 2.75) is 57.8 Å². The Kier molecular flexibility index (Phi) is 10.7. The second kappa shape index (κ2) is 11.9. The average Bonchev–Trinajstić information content (AvgIpc) is 2.60. The summed E-state index contributed by atoms with van der Waals surface area (Å²) in [6.45, 7) is 4.05. The van der Waals surface area contributed by atoms with Crippen LogP contribution in [0.1, 0.15) is 33.6 Å². The van der Waals surface area contributed by atoms with Crippen molar-refractivity contribution in [3.8, 4) is 0 Å². The molecular weight excluding hydrogens is 374 g/mol. The first-order valence-electron chi connectivity index (χ1n) is 8.69. The minimum Gasteiger partial charge on any atom is -0.480 e. The normalized spacial score (nSPS) is 15.1. The van der Waals surface area contributed by atoms with Gasteiger partial charge in [-0.15, -0.1) is 0 Å². The molecule has 4 unspecified atom stereocenters. The molecule has 0 heterocycles. The summed E-state index contributed by atoms with van der Waals surface area (Å²) < 4.78 is 0. The van der Waals surface area contributed by atoms with Crippen molar-refractivity contribution in [1.82, 2.24) is 16.0 Å². The number of aliphatic carboxylic acids is 1. The van der Waals surface area contributed by atoms with Crippen LogP contribution in [-0.2, 0) is 24.0 Å². The number of aliphatic hydroxyl groups is 1. The van der Waals surface area contributed by atoms with Crippen LogP contribution < -0.4 is 27.4 Å². The van der Waals surface area contributed by atoms with Crippen LogP contribution in [0.25, 0.3) is 0 Å². The van der Waals surface area contributed by atoms with Crippen LogP contribution >= 0.6 is 0 Å². The second-order valence-corrected chi connectivity index (χ2v) is 6.65. The van der Waals surface area contributed by atoms with E-state index < -0.39 is 60.4 Å². The van der Waals surface area contributed by atoms with E-state index >= 15 is 0 Å². The predicted molar refractivity (Wildman–Crippen MR) is 97.4 cm³/mol. The zero-order valence-corrected chi connectivity index (χ0v) is 16.1. The highest BCUT2D eigenvalue weighted by molar-refractivity contribution is 5.94. The van der Waals surface area contributed by atoms with Gasteiger partial charge in [0.25, 0.3) is 0 Å². The number of carboxylic acids is 1. The van der Waals surface area contributed by atoms with Gasteiger partial charge in [0.1, 0.15) is 24.2 Å². The SMILES string of the molecule is CC(NC(=O)C(NC(=O)C(N)CO)C(C)C)C(=O)NC(CCC(N)=O)C(=O)O. The fraction of sp³-hybridized carbons (Fsp3) is 0.688. The standard InChI is InChI=1S/C16H29N5O7/c1-7(2)12(21-14(25)9(17)6-22)15(26)19-8(3)13(24)20-10(16(27)28)4-5-11(18)23/h7-10,12,22H,4-6,17H2,1-3H3,(H2,18,23)(H,19,26)(H,20,24)(H,21,25)(H,27,28). The molecule has 0 saturated heterocycles. The summed E-state index contributed by atoms with van der Waals surface area (Å²) in [4.78, 5) is 58.3. The number of hydrogen-bond acceptors (Lipinski definition) is 7. The lowest BCUT2D eigenvalue weighted by Gasteiger charge is -2.25. The molecule has 4 atom stereocenters. The first-order chi connectivity index (χ1) is 12.9. The number of primary amides is 1. The van der Waals surface area contributed by atoms with Crippen molar-refractivity contribution in [3.05, 3.63) is 0 Å². The maximum absolute atomic E-state index is 12.4. The number of hydrogen-bond donors (Lipinski definition) is 7. The number of nitrogens with one attached hydrogen (secondary N) is 3. The number of carbonyl (C=O) groups is 5. The summed E-state index contributed by atoms with van der Waals surface area (Å²) in [5, 5.41) is 25.0. The van der Waals surface area contributed by atoms with E-state index in [1.807, 2.05) is 0 Å². The second-order valence-electron chi connectivity index (χ2n) is 6.65. The molecule has 0 aromatic rings. The lowest BCUT2D eigenvalue weighted by molar-refractivity contribution is -0.142. The summed E-state index contributed by atoms with van der Waals surface area (Å²) in [5.41, 5.74) is 10.4. The number of nitrogens with two attached hydrogens (primary N) is 2. The van der Waals surface area contributed by atoms with Crippen LogP contribution in [-0.4, -0.2) is 70.6 Å². The number of rotatable bonds is 12. The predicted octanol–water partition coefficient (Wildman–Crippen LogP) is -3.21. The molecule has 12 heteroatoms. The number of carbonyl (C=O) groups excluding carboxylic acids is 4. The molecule has 9 N–H and O–H groups in total. The maximum Gasteiger partial charge on any atom is 0.326 e. The van der Waals surface area contributed by atoms with E-state index in [2.05, 4.69) is 16.0 Å². The maximum atomic E-state index is 12.4. The van der Waals surface area contributed by atoms with Crippen LogP contribution in [0.2, 0.25) is 0 Å². The zero-order valence-electron chi connectivity index (χ0n) is 16.1. The highest BCUT2D eigenvalue weighted by atomic mass is 16.4. The van der Waals surface area contributed by atoms with Crippen molar-refractivity contribution >= 4 is 29.6 Å². The molecule has 0 rings (SSSR count). The molecule has 0 radical (unpaired) electrons. The molecule has 12 nitrogen and oxygen atoms in total. The van der Waals surface area contributed by atoms with Gasteiger partial charge < -0.3 is 37.6 Å². The fourth-order valence-corrected chi connectivity index (χ4v) is 2.09. The Morgan fingerprint density at radius 2 is 1.50 bits per heavy atom. The Morgan fingerprint density at radius 3 is 1.93 bits per heavy atom. The van der Waals surface area contributed by atoms with Gasteiger partial charge in [-0.2, -0.15) is 0 Å². The Hall–Kier alpha value is -2.73. The van der Waals surface area contributed by atoms with Gasteiger partial charge in [0.15, 0.2) is 0 Å². The van der Waals surface area contributed by atoms with E-state index in [1.54, 1.807) is 13.8 Å². The molecule has 0 spiro atoms. The fourth-order valence-electron chi connectivity index (χ4n) is 2.09. The Morgan fingerprint density at radius 1 is 0.929 bits per heavy atom. The van der Waals surface area contributed by atoms with Crippen LogP contribution in [0, 0.1) is 5.92 Å². The Labute approximate surface area is 162 Å². The number of amides is 4. The van der Waals surface area contributed by atoms with E-state index in [0.29, 0.717) is 0 Å². The lowest BCUT2D eigenvalue weighted by Crippen LogP contribution is -2.58. The van der Waals surface area contributed by atoms with E-state index in [9.17, 15) is 24.0 Å². The molecule has 0 aliphatic heterocycles. The molecule has 0 saturated carbocycles. The molecule has 0 aromatic heterocycles. The monoisotopic (exact) mass is 403 g/mol. The van der Waals surface area contributed by atoms with Gasteiger partial charge in [0.05, 0.1) is 6.61 Å². The van der Waals surface area contributed by atoms with Gasteiger partial charge >= 0.3 is 5.97 Å². The summed E-state index contributed by atoms with van der Waals surface area (Å²) in [6, 6.07) is -4.68. The van der Waals surface area contributed by atoms with Gasteiger partial charge in [-0.1, -0.05) is 13.8 Å². The minimum atomic E-state index is -1.35. The molecule has 4 amide bonds. The van der Waals surface area contributed by atoms with Gasteiger partial charge in [-0.25, -0.2) is 4.79 Å². The Balaban J connectivity index is 4.93. The van der Waals surface area contributed by atoms with Crippen LogP contribution in [0.4, 0.5) is 0 Å². The third-order valence-corrected chi connectivity index (χ3v) is 3.83. The van der Waals surface area contributed by atoms with Crippen LogP contribution in [0.5, 0.6) is 0 Å². The molecule has 0 bridgehead atoms. The molecule has 28 heavy (non-hydrogen) atoms. The van der Waals surface area contributed by atoms with Gasteiger partial charge in [-0.3, -0.25) is 19.2 Å². The zero-order chi connectivity index (χ0) is 22.0. The Bertz CT molecular complexity index is 596. The lowest BCUT2D eigenvalue weighted by atomic mass is 10.0. The quantitative estimate of drug-likeness (QED) is 0.175. The first-order valence-corrected chi connectivity index (χ1v) is 8.69. The highest BCUT2D eigenvalue weighted by Gasteiger charge is 2.29. The molecular formula is C16H29N5O7. The van der Waals surface area contributed by atoms with E-state index in [0.717, 1.165) is 0 Å². The third-order valence-electron chi connectivity index (χ3n) is 3.83. The van der Waals surface area contributed by atoms with Gasteiger partial charge in [0, 0.05) is 6.42 Å². The molecule has 0 aromatic carbocycles. The first kappa shape index (κ1) is 25.3. The highest BCUT2D eigenvalue weighted by Crippen LogP contribution is 2.04. The van der Waals surface area contributed by atoms with E-state index in [4.69, 9.17) is 21.7 Å². The van der Waals surface area contributed by atoms with E-state index in [-0.39, 0.29) is 18.8 Å². The number of carboxylic acid groups (broad SMARTS) is 1. The van der Waals surface area contributed by atoms with Crippen molar-refractivity contribution in [3.63, 3.8) is 0 Å². The summed E-state index contributed by atoms with van der Waals surface area (Å²) in [5.74, 6) is -4.61. The van der Waals surface area contributed by atoms with Crippen molar-refractivity contribution in [2.75, 3.05) is 6.61 Å². The summed E-state index contributed by atoms with van der Waals surface area (Å²) in [7, 11) is 0. The van der Waals surface area contributed by atoms with Gasteiger partial charge in [0.2, 0.25) is 23.6 Å². The van der Waals surface area contributed by atoms with E-state index in [1.165, 1.54) is 6.92 Å². The van der Waals surface area contributed by atoms with Crippen molar-refractivity contribution < 1.29 is 34.2 Å². The summed E-state index contributed by atoms with van der Waals surface area (Å²) in [6.07, 6.45) is -0.425. The molecule has 0 aliphatic rings. The molecule has 0 aliphatic carbocycles. The van der Waals surface area contributed by atoms with Crippen LogP contribution in [0.15, 0.2) is 0 Å². The van der Waals surface area contributed by atoms with Crippen molar-refractivity contribution in [1.29, 1.82) is 0 Å². The molecule has 0 fully saturated rings. The topological polar surface area (TPSA) is 214 Å². The smallest absolute Gasteiger partial charge is 0.326 e. The van der Waals surface area contributed by atoms with Gasteiger partial charge in [-0.05, 0) is 19.3 Å². The average molecular weight is 403 g/mol. The number of aliphatic hydroxyl groups excluding tert-OH is 1.